The zero-order chi connectivity index (χ0) is 20.6. The number of piperazine rings is 1. The fourth-order valence-corrected chi connectivity index (χ4v) is 6.76. The number of hydrogen-bond acceptors (Lipinski definition) is 9. The molecule has 0 unspecified atom stereocenters. The number of sulfonamides is 1. The van der Waals surface area contributed by atoms with Crippen LogP contribution in [-0.4, -0.2) is 59.1 Å². The summed E-state index contributed by atoms with van der Waals surface area (Å²) >= 11 is 1.18. The standard InChI is InChI=1S/C19H22N6O3S2/c26-30(27,25-12-10-24(11-13-25)19-20-8-3-9-21-19)16-7-6-15(29-16)18-23-22-17(28-18)14-4-1-2-5-14/h3,6-9,14H,1-2,4-5,10-13H2. The van der Waals surface area contributed by atoms with Gasteiger partial charge in [0, 0.05) is 44.5 Å². The minimum atomic E-state index is -3.57. The first-order valence-electron chi connectivity index (χ1n) is 10.1. The SMILES string of the molecule is O=S(=O)(c1ccc(-c2nnc(C3CCCC3)o2)s1)N1CCN(c2ncccn2)CC1. The zero-order valence-electron chi connectivity index (χ0n) is 16.3. The molecule has 0 aromatic carbocycles. The van der Waals surface area contributed by atoms with Crippen molar-refractivity contribution < 1.29 is 12.8 Å². The fourth-order valence-electron chi connectivity index (χ4n) is 3.96. The van der Waals surface area contributed by atoms with Gasteiger partial charge in [0.15, 0.2) is 0 Å². The van der Waals surface area contributed by atoms with E-state index < -0.39 is 10.0 Å². The summed E-state index contributed by atoms with van der Waals surface area (Å²) in [7, 11) is -3.57. The van der Waals surface area contributed by atoms with Gasteiger partial charge in [0.1, 0.15) is 4.21 Å². The lowest BCUT2D eigenvalue weighted by Gasteiger charge is -2.33. The Hall–Kier alpha value is -2.37. The molecule has 0 N–H and O–H groups in total. The first kappa shape index (κ1) is 19.6. The van der Waals surface area contributed by atoms with Crippen LogP contribution in [0.15, 0.2) is 39.2 Å². The van der Waals surface area contributed by atoms with E-state index >= 15 is 0 Å². The molecule has 3 aromatic heterocycles. The molecule has 0 radical (unpaired) electrons. The molecular weight excluding hydrogens is 424 g/mol. The Bertz CT molecular complexity index is 1100. The van der Waals surface area contributed by atoms with Gasteiger partial charge in [-0.2, -0.15) is 4.31 Å². The minimum absolute atomic E-state index is 0.294. The normalized spacial score (nSPS) is 18.9. The highest BCUT2D eigenvalue weighted by Crippen LogP contribution is 2.36. The van der Waals surface area contributed by atoms with Crippen molar-refractivity contribution in [2.75, 3.05) is 31.1 Å². The van der Waals surface area contributed by atoms with Crippen molar-refractivity contribution in [2.45, 2.75) is 35.8 Å². The minimum Gasteiger partial charge on any atom is -0.420 e. The monoisotopic (exact) mass is 446 g/mol. The first-order valence-corrected chi connectivity index (χ1v) is 12.3. The molecule has 0 amide bonds. The van der Waals surface area contributed by atoms with E-state index in [0.29, 0.717) is 58.9 Å². The topological polar surface area (TPSA) is 105 Å². The molecule has 3 aromatic rings. The van der Waals surface area contributed by atoms with Gasteiger partial charge in [-0.15, -0.1) is 21.5 Å². The van der Waals surface area contributed by atoms with Crippen molar-refractivity contribution in [3.8, 4) is 10.8 Å². The van der Waals surface area contributed by atoms with Gasteiger partial charge in [0.05, 0.1) is 4.88 Å². The van der Waals surface area contributed by atoms with E-state index in [9.17, 15) is 8.42 Å². The second-order valence-corrected chi connectivity index (χ2v) is 10.7. The van der Waals surface area contributed by atoms with E-state index in [1.165, 1.54) is 28.5 Å². The first-order chi connectivity index (χ1) is 14.6. The van der Waals surface area contributed by atoms with Crippen LogP contribution in [-0.2, 0) is 10.0 Å². The highest BCUT2D eigenvalue weighted by atomic mass is 32.2. The van der Waals surface area contributed by atoms with Crippen LogP contribution < -0.4 is 4.90 Å². The Kier molecular flexibility index (Phi) is 5.25. The van der Waals surface area contributed by atoms with E-state index in [1.54, 1.807) is 30.6 Å². The average Bonchev–Trinajstić information content (AvgIpc) is 3.55. The highest BCUT2D eigenvalue weighted by molar-refractivity contribution is 7.91. The van der Waals surface area contributed by atoms with Crippen LogP contribution >= 0.6 is 11.3 Å². The number of aromatic nitrogens is 4. The van der Waals surface area contributed by atoms with Crippen LogP contribution in [0, 0.1) is 0 Å². The van der Waals surface area contributed by atoms with Gasteiger partial charge < -0.3 is 9.32 Å². The third-order valence-electron chi connectivity index (χ3n) is 5.60. The molecule has 5 rings (SSSR count). The van der Waals surface area contributed by atoms with Gasteiger partial charge in [-0.1, -0.05) is 12.8 Å². The van der Waals surface area contributed by atoms with Crippen LogP contribution in [0.1, 0.15) is 37.5 Å². The molecule has 1 aliphatic carbocycles. The summed E-state index contributed by atoms with van der Waals surface area (Å²) in [4.78, 5) is 11.2. The van der Waals surface area contributed by atoms with Crippen molar-refractivity contribution in [3.63, 3.8) is 0 Å². The maximum Gasteiger partial charge on any atom is 0.257 e. The molecule has 30 heavy (non-hydrogen) atoms. The Morgan fingerprint density at radius 1 is 1.00 bits per heavy atom. The van der Waals surface area contributed by atoms with Gasteiger partial charge >= 0.3 is 0 Å². The Morgan fingerprint density at radius 3 is 2.47 bits per heavy atom. The van der Waals surface area contributed by atoms with Crippen LogP contribution in [0.5, 0.6) is 0 Å². The lowest BCUT2D eigenvalue weighted by molar-refractivity contribution is 0.383. The third-order valence-corrected chi connectivity index (χ3v) is 9.04. The quantitative estimate of drug-likeness (QED) is 0.589. The lowest BCUT2D eigenvalue weighted by atomic mass is 10.1. The molecule has 1 saturated carbocycles. The van der Waals surface area contributed by atoms with Gasteiger partial charge in [-0.3, -0.25) is 0 Å². The van der Waals surface area contributed by atoms with Gasteiger partial charge in [-0.25, -0.2) is 18.4 Å². The molecule has 11 heteroatoms. The number of hydrogen-bond donors (Lipinski definition) is 0. The van der Waals surface area contributed by atoms with Crippen molar-refractivity contribution in [2.24, 2.45) is 0 Å². The molecule has 158 valence electrons. The Balaban J connectivity index is 1.28. The van der Waals surface area contributed by atoms with Crippen molar-refractivity contribution in [1.29, 1.82) is 0 Å². The number of anilines is 1. The summed E-state index contributed by atoms with van der Waals surface area (Å²) in [6, 6.07) is 5.14. The zero-order valence-corrected chi connectivity index (χ0v) is 18.0. The lowest BCUT2D eigenvalue weighted by Crippen LogP contribution is -2.49. The summed E-state index contributed by atoms with van der Waals surface area (Å²) in [5.41, 5.74) is 0. The van der Waals surface area contributed by atoms with Crippen molar-refractivity contribution in [3.05, 3.63) is 36.5 Å². The maximum atomic E-state index is 13.1. The van der Waals surface area contributed by atoms with Crippen LogP contribution in [0.2, 0.25) is 0 Å². The summed E-state index contributed by atoms with van der Waals surface area (Å²) < 4.78 is 33.9. The van der Waals surface area contributed by atoms with Gasteiger partial charge in [-0.05, 0) is 31.0 Å². The molecule has 1 saturated heterocycles. The summed E-state index contributed by atoms with van der Waals surface area (Å²) in [5.74, 6) is 2.02. The number of thiophene rings is 1. The predicted molar refractivity (Wildman–Crippen MR) is 112 cm³/mol. The molecule has 0 atom stereocenters. The average molecular weight is 447 g/mol. The molecule has 0 bridgehead atoms. The number of nitrogens with zero attached hydrogens (tertiary/aromatic N) is 6. The fraction of sp³-hybridized carbons (Fsp3) is 0.474. The third kappa shape index (κ3) is 3.72. The van der Waals surface area contributed by atoms with E-state index in [-0.39, 0.29) is 0 Å². The summed E-state index contributed by atoms with van der Waals surface area (Å²) in [6.07, 6.45) is 7.90. The summed E-state index contributed by atoms with van der Waals surface area (Å²) in [5, 5.41) is 8.33. The van der Waals surface area contributed by atoms with Gasteiger partial charge in [0.25, 0.3) is 15.9 Å². The summed E-state index contributed by atoms with van der Waals surface area (Å²) in [6.45, 7) is 1.88. The van der Waals surface area contributed by atoms with E-state index in [2.05, 4.69) is 20.2 Å². The smallest absolute Gasteiger partial charge is 0.257 e. The number of rotatable bonds is 5. The molecule has 2 fully saturated rings. The molecule has 4 heterocycles. The molecule has 1 aliphatic heterocycles. The van der Waals surface area contributed by atoms with E-state index in [0.717, 1.165) is 12.8 Å². The molecule has 9 nitrogen and oxygen atoms in total. The second-order valence-electron chi connectivity index (χ2n) is 7.49. The molecular formula is C19H22N6O3S2. The van der Waals surface area contributed by atoms with Gasteiger partial charge in [0.2, 0.25) is 11.8 Å². The predicted octanol–water partition coefficient (Wildman–Crippen LogP) is 2.76. The van der Waals surface area contributed by atoms with Crippen LogP contribution in [0.25, 0.3) is 10.8 Å². The van der Waals surface area contributed by atoms with Crippen LogP contribution in [0.4, 0.5) is 5.95 Å². The molecule has 2 aliphatic rings. The van der Waals surface area contributed by atoms with Crippen LogP contribution in [0.3, 0.4) is 0 Å². The van der Waals surface area contributed by atoms with E-state index in [4.69, 9.17) is 4.42 Å². The van der Waals surface area contributed by atoms with Crippen molar-refractivity contribution in [1.82, 2.24) is 24.5 Å². The van der Waals surface area contributed by atoms with Crippen molar-refractivity contribution >= 4 is 27.3 Å². The molecule has 0 spiro atoms. The Labute approximate surface area is 178 Å². The van der Waals surface area contributed by atoms with E-state index in [1.807, 2.05) is 4.90 Å². The second kappa shape index (κ2) is 8.05. The maximum absolute atomic E-state index is 13.1. The Morgan fingerprint density at radius 2 is 1.73 bits per heavy atom. The highest BCUT2D eigenvalue weighted by Gasteiger charge is 2.31. The largest absolute Gasteiger partial charge is 0.420 e.